The van der Waals surface area contributed by atoms with Crippen LogP contribution in [0.2, 0.25) is 0 Å². The third-order valence-corrected chi connectivity index (χ3v) is 2.71. The Morgan fingerprint density at radius 1 is 1.37 bits per heavy atom. The van der Waals surface area contributed by atoms with Gasteiger partial charge < -0.3 is 9.84 Å². The van der Waals surface area contributed by atoms with Gasteiger partial charge in [-0.1, -0.05) is 6.07 Å². The highest BCUT2D eigenvalue weighted by molar-refractivity contribution is 9.10. The second-order valence-electron chi connectivity index (χ2n) is 5.01. The van der Waals surface area contributed by atoms with E-state index < -0.39 is 17.7 Å². The first-order chi connectivity index (χ1) is 8.67. The van der Waals surface area contributed by atoms with Crippen molar-refractivity contribution in [2.45, 2.75) is 32.8 Å². The number of halogens is 1. The van der Waals surface area contributed by atoms with Gasteiger partial charge in [-0.3, -0.25) is 10.1 Å². The fourth-order valence-corrected chi connectivity index (χ4v) is 1.71. The highest BCUT2D eigenvalue weighted by atomic mass is 79.9. The van der Waals surface area contributed by atoms with Gasteiger partial charge in [0.05, 0.1) is 12.1 Å². The molecule has 0 heterocycles. The Morgan fingerprint density at radius 2 is 2.00 bits per heavy atom. The molecule has 0 fully saturated rings. The van der Waals surface area contributed by atoms with E-state index in [2.05, 4.69) is 21.2 Å². The van der Waals surface area contributed by atoms with Crippen molar-refractivity contribution < 1.29 is 19.4 Å². The number of nitrogens with one attached hydrogen (secondary N) is 1. The monoisotopic (exact) mass is 329 g/mol. The average molecular weight is 330 g/mol. The van der Waals surface area contributed by atoms with Crippen LogP contribution in [0.15, 0.2) is 22.7 Å². The number of anilines is 1. The average Bonchev–Trinajstić information content (AvgIpc) is 2.19. The Hall–Kier alpha value is -1.56. The first kappa shape index (κ1) is 15.5. The van der Waals surface area contributed by atoms with E-state index in [0.29, 0.717) is 15.7 Å². The van der Waals surface area contributed by atoms with Crippen LogP contribution < -0.4 is 5.32 Å². The summed E-state index contributed by atoms with van der Waals surface area (Å²) in [6.45, 7) is 5.30. The van der Waals surface area contributed by atoms with Crippen molar-refractivity contribution in [3.63, 3.8) is 0 Å². The summed E-state index contributed by atoms with van der Waals surface area (Å²) in [5.41, 5.74) is 0.490. The topological polar surface area (TPSA) is 75.6 Å². The number of carbonyl (C=O) groups is 2. The van der Waals surface area contributed by atoms with Crippen LogP contribution in [0.4, 0.5) is 10.5 Å². The molecule has 0 aliphatic rings. The van der Waals surface area contributed by atoms with Crippen LogP contribution in [-0.2, 0) is 16.0 Å². The molecule has 104 valence electrons. The van der Waals surface area contributed by atoms with Crippen molar-refractivity contribution >= 4 is 33.7 Å². The number of aliphatic carboxylic acids is 1. The Morgan fingerprint density at radius 3 is 2.53 bits per heavy atom. The minimum absolute atomic E-state index is 0.101. The van der Waals surface area contributed by atoms with E-state index in [4.69, 9.17) is 9.84 Å². The Balaban J connectivity index is 2.82. The summed E-state index contributed by atoms with van der Waals surface area (Å²) in [6, 6.07) is 4.96. The van der Waals surface area contributed by atoms with Gasteiger partial charge in [-0.2, -0.15) is 0 Å². The second kappa shape index (κ2) is 6.06. The molecule has 2 N–H and O–H groups in total. The summed E-state index contributed by atoms with van der Waals surface area (Å²) >= 11 is 3.29. The standard InChI is InChI=1S/C13H16BrNO4/c1-13(2,3)19-12(18)15-10-6-8(7-11(16)17)4-5-9(10)14/h4-6H,7H2,1-3H3,(H,15,18)(H,16,17). The van der Waals surface area contributed by atoms with Crippen molar-refractivity contribution in [2.24, 2.45) is 0 Å². The zero-order valence-electron chi connectivity index (χ0n) is 11.0. The van der Waals surface area contributed by atoms with Gasteiger partial charge in [0.25, 0.3) is 0 Å². The molecule has 0 aliphatic heterocycles. The molecule has 6 heteroatoms. The maximum Gasteiger partial charge on any atom is 0.412 e. The minimum atomic E-state index is -0.925. The number of carboxylic acids is 1. The molecule has 0 aromatic heterocycles. The van der Waals surface area contributed by atoms with E-state index in [1.807, 2.05) is 0 Å². The molecule has 0 unspecified atom stereocenters. The van der Waals surface area contributed by atoms with E-state index in [0.717, 1.165) is 0 Å². The maximum absolute atomic E-state index is 11.6. The highest BCUT2D eigenvalue weighted by Gasteiger charge is 2.17. The van der Waals surface area contributed by atoms with Gasteiger partial charge in [-0.05, 0) is 54.4 Å². The van der Waals surface area contributed by atoms with Gasteiger partial charge in [0.15, 0.2) is 0 Å². The van der Waals surface area contributed by atoms with Crippen LogP contribution in [0.3, 0.4) is 0 Å². The lowest BCUT2D eigenvalue weighted by Crippen LogP contribution is -2.27. The number of hydrogen-bond donors (Lipinski definition) is 2. The number of benzene rings is 1. The zero-order chi connectivity index (χ0) is 14.6. The molecular weight excluding hydrogens is 314 g/mol. The summed E-state index contributed by atoms with van der Waals surface area (Å²) in [5.74, 6) is -0.925. The van der Waals surface area contributed by atoms with Crippen LogP contribution >= 0.6 is 15.9 Å². The van der Waals surface area contributed by atoms with E-state index in [-0.39, 0.29) is 6.42 Å². The molecule has 19 heavy (non-hydrogen) atoms. The van der Waals surface area contributed by atoms with Gasteiger partial charge in [-0.25, -0.2) is 4.79 Å². The molecule has 0 aliphatic carbocycles. The number of ether oxygens (including phenoxy) is 1. The number of carbonyl (C=O) groups excluding carboxylic acids is 1. The Kier molecular flexibility index (Phi) is 4.94. The van der Waals surface area contributed by atoms with E-state index in [1.165, 1.54) is 0 Å². The Bertz CT molecular complexity index is 494. The van der Waals surface area contributed by atoms with Crippen LogP contribution in [0.5, 0.6) is 0 Å². The minimum Gasteiger partial charge on any atom is -0.481 e. The third kappa shape index (κ3) is 5.74. The predicted molar refractivity (Wildman–Crippen MR) is 75.3 cm³/mol. The Labute approximate surface area is 120 Å². The molecule has 1 aromatic rings. The van der Waals surface area contributed by atoms with Gasteiger partial charge >= 0.3 is 12.1 Å². The molecule has 5 nitrogen and oxygen atoms in total. The summed E-state index contributed by atoms with van der Waals surface area (Å²) in [6.07, 6.45) is -0.684. The molecule has 0 saturated heterocycles. The molecule has 0 saturated carbocycles. The van der Waals surface area contributed by atoms with Crippen molar-refractivity contribution in [3.8, 4) is 0 Å². The fraction of sp³-hybridized carbons (Fsp3) is 0.385. The van der Waals surface area contributed by atoms with Gasteiger partial charge in [0.2, 0.25) is 0 Å². The molecule has 0 atom stereocenters. The second-order valence-corrected chi connectivity index (χ2v) is 5.87. The van der Waals surface area contributed by atoms with Gasteiger partial charge in [0, 0.05) is 4.47 Å². The highest BCUT2D eigenvalue weighted by Crippen LogP contribution is 2.24. The predicted octanol–water partition coefficient (Wildman–Crippen LogP) is 3.42. The summed E-state index contributed by atoms with van der Waals surface area (Å²) in [4.78, 5) is 22.3. The number of carboxylic acid groups (broad SMARTS) is 1. The van der Waals surface area contributed by atoms with E-state index in [9.17, 15) is 9.59 Å². The molecule has 1 rings (SSSR count). The number of rotatable bonds is 3. The SMILES string of the molecule is CC(C)(C)OC(=O)Nc1cc(CC(=O)O)ccc1Br. The smallest absolute Gasteiger partial charge is 0.412 e. The lowest BCUT2D eigenvalue weighted by atomic mass is 10.1. The fourth-order valence-electron chi connectivity index (χ4n) is 1.37. The van der Waals surface area contributed by atoms with Gasteiger partial charge in [0.1, 0.15) is 5.60 Å². The summed E-state index contributed by atoms with van der Waals surface area (Å²) in [5, 5.41) is 11.3. The molecule has 0 spiro atoms. The lowest BCUT2D eigenvalue weighted by molar-refractivity contribution is -0.136. The van der Waals surface area contributed by atoms with Crippen LogP contribution in [0.25, 0.3) is 0 Å². The number of amides is 1. The van der Waals surface area contributed by atoms with Crippen molar-refractivity contribution in [1.29, 1.82) is 0 Å². The van der Waals surface area contributed by atoms with Crippen molar-refractivity contribution in [3.05, 3.63) is 28.2 Å². The molecule has 1 aromatic carbocycles. The van der Waals surface area contributed by atoms with Crippen LogP contribution in [0.1, 0.15) is 26.3 Å². The zero-order valence-corrected chi connectivity index (χ0v) is 12.6. The first-order valence-electron chi connectivity index (χ1n) is 5.67. The van der Waals surface area contributed by atoms with Crippen LogP contribution in [-0.4, -0.2) is 22.8 Å². The largest absolute Gasteiger partial charge is 0.481 e. The normalized spacial score (nSPS) is 10.9. The van der Waals surface area contributed by atoms with E-state index in [1.54, 1.807) is 39.0 Å². The van der Waals surface area contributed by atoms with Gasteiger partial charge in [-0.15, -0.1) is 0 Å². The van der Waals surface area contributed by atoms with Crippen molar-refractivity contribution in [2.75, 3.05) is 5.32 Å². The van der Waals surface area contributed by atoms with E-state index >= 15 is 0 Å². The molecule has 0 radical (unpaired) electrons. The first-order valence-corrected chi connectivity index (χ1v) is 6.47. The number of hydrogen-bond acceptors (Lipinski definition) is 3. The third-order valence-electron chi connectivity index (χ3n) is 2.02. The van der Waals surface area contributed by atoms with Crippen molar-refractivity contribution in [1.82, 2.24) is 0 Å². The molecule has 1 amide bonds. The molecule has 0 bridgehead atoms. The quantitative estimate of drug-likeness (QED) is 0.890. The van der Waals surface area contributed by atoms with Crippen LogP contribution in [0, 0.1) is 0 Å². The maximum atomic E-state index is 11.6. The molecular formula is C13H16BrNO4. The lowest BCUT2D eigenvalue weighted by Gasteiger charge is -2.20. The summed E-state index contributed by atoms with van der Waals surface area (Å²) in [7, 11) is 0. The summed E-state index contributed by atoms with van der Waals surface area (Å²) < 4.78 is 5.79.